The summed E-state index contributed by atoms with van der Waals surface area (Å²) < 4.78 is 1.55. The molecule has 0 radical (unpaired) electrons. The van der Waals surface area contributed by atoms with Gasteiger partial charge in [0.1, 0.15) is 4.83 Å². The lowest BCUT2D eigenvalue weighted by Crippen LogP contribution is -2.23. The molecule has 1 N–H and O–H groups in total. The van der Waals surface area contributed by atoms with Crippen molar-refractivity contribution in [3.8, 4) is 0 Å². The average Bonchev–Trinajstić information content (AvgIpc) is 3.09. The van der Waals surface area contributed by atoms with Crippen LogP contribution in [0.1, 0.15) is 11.1 Å². The van der Waals surface area contributed by atoms with Crippen LogP contribution in [0.3, 0.4) is 0 Å². The summed E-state index contributed by atoms with van der Waals surface area (Å²) in [5, 5.41) is 5.90. The largest absolute Gasteiger partial charge is 0.325 e. The molecule has 1 aromatic carbocycles. The highest BCUT2D eigenvalue weighted by atomic mass is 32.2. The van der Waals surface area contributed by atoms with Crippen molar-refractivity contribution in [2.75, 3.05) is 11.1 Å². The van der Waals surface area contributed by atoms with Gasteiger partial charge in [0, 0.05) is 12.2 Å². The van der Waals surface area contributed by atoms with E-state index in [-0.39, 0.29) is 17.2 Å². The minimum Gasteiger partial charge on any atom is -0.325 e. The van der Waals surface area contributed by atoms with Crippen molar-refractivity contribution in [2.24, 2.45) is 0 Å². The first-order valence-electron chi connectivity index (χ1n) is 8.09. The van der Waals surface area contributed by atoms with Gasteiger partial charge in [-0.05, 0) is 42.5 Å². The second-order valence-corrected chi connectivity index (χ2v) is 7.66. The van der Waals surface area contributed by atoms with Crippen LogP contribution in [0.4, 0.5) is 5.69 Å². The zero-order valence-electron chi connectivity index (χ0n) is 14.6. The van der Waals surface area contributed by atoms with Gasteiger partial charge < -0.3 is 5.32 Å². The number of allylic oxidation sites excluding steroid dienone is 1. The van der Waals surface area contributed by atoms with E-state index in [1.54, 1.807) is 16.7 Å². The van der Waals surface area contributed by atoms with Crippen LogP contribution in [0, 0.1) is 13.8 Å². The summed E-state index contributed by atoms with van der Waals surface area (Å²) in [6.07, 6.45) is 1.65. The number of hydrogen-bond acceptors (Lipinski definition) is 5. The quantitative estimate of drug-likeness (QED) is 0.396. The molecule has 134 valence electrons. The molecule has 1 amide bonds. The Morgan fingerprint density at radius 2 is 2.19 bits per heavy atom. The van der Waals surface area contributed by atoms with Crippen molar-refractivity contribution in [1.82, 2.24) is 9.55 Å². The van der Waals surface area contributed by atoms with Crippen molar-refractivity contribution in [3.05, 3.63) is 63.8 Å². The molecule has 0 atom stereocenters. The van der Waals surface area contributed by atoms with Gasteiger partial charge in [0.2, 0.25) is 5.91 Å². The van der Waals surface area contributed by atoms with Crippen LogP contribution in [-0.2, 0) is 11.3 Å². The van der Waals surface area contributed by atoms with Gasteiger partial charge in [-0.1, -0.05) is 30.0 Å². The topological polar surface area (TPSA) is 64.0 Å². The van der Waals surface area contributed by atoms with Crippen LogP contribution < -0.4 is 10.9 Å². The number of anilines is 1. The van der Waals surface area contributed by atoms with E-state index in [1.165, 1.54) is 23.1 Å². The molecule has 7 heteroatoms. The third kappa shape index (κ3) is 3.73. The maximum absolute atomic E-state index is 12.6. The van der Waals surface area contributed by atoms with Gasteiger partial charge in [0.05, 0.1) is 11.1 Å². The molecule has 0 aliphatic rings. The molecule has 3 aromatic rings. The Balaban J connectivity index is 1.79. The fourth-order valence-corrected chi connectivity index (χ4v) is 4.15. The monoisotopic (exact) mass is 385 g/mol. The van der Waals surface area contributed by atoms with Gasteiger partial charge in [-0.15, -0.1) is 17.9 Å². The third-order valence-electron chi connectivity index (χ3n) is 4.07. The van der Waals surface area contributed by atoms with Gasteiger partial charge >= 0.3 is 0 Å². The molecule has 0 fully saturated rings. The first-order chi connectivity index (χ1) is 12.5. The minimum atomic E-state index is -0.130. The number of nitrogens with zero attached hydrogens (tertiary/aromatic N) is 2. The van der Waals surface area contributed by atoms with Gasteiger partial charge in [0.25, 0.3) is 5.56 Å². The number of fused-ring (bicyclic) bond motifs is 1. The van der Waals surface area contributed by atoms with E-state index in [0.29, 0.717) is 21.9 Å². The fraction of sp³-hybridized carbons (Fsp3) is 0.211. The van der Waals surface area contributed by atoms with Crippen LogP contribution >= 0.6 is 23.1 Å². The summed E-state index contributed by atoms with van der Waals surface area (Å²) in [6.45, 7) is 8.05. The van der Waals surface area contributed by atoms with E-state index >= 15 is 0 Å². The van der Waals surface area contributed by atoms with Crippen LogP contribution in [0.25, 0.3) is 10.2 Å². The lowest BCUT2D eigenvalue weighted by molar-refractivity contribution is -0.113. The molecule has 0 aliphatic heterocycles. The summed E-state index contributed by atoms with van der Waals surface area (Å²) in [5.74, 6) is 0.0442. The smallest absolute Gasteiger partial charge is 0.263 e. The Morgan fingerprint density at radius 3 is 2.96 bits per heavy atom. The second-order valence-electron chi connectivity index (χ2n) is 5.82. The number of thioether (sulfide) groups is 1. The minimum absolute atomic E-state index is 0.103. The van der Waals surface area contributed by atoms with Gasteiger partial charge in [0.15, 0.2) is 5.16 Å². The molecule has 0 saturated carbocycles. The predicted molar refractivity (Wildman–Crippen MR) is 109 cm³/mol. The van der Waals surface area contributed by atoms with E-state index in [0.717, 1.165) is 16.8 Å². The highest BCUT2D eigenvalue weighted by Crippen LogP contribution is 2.22. The number of carbonyl (C=O) groups excluding carboxylic acids is 1. The van der Waals surface area contributed by atoms with Gasteiger partial charge in [-0.2, -0.15) is 0 Å². The Bertz CT molecular complexity index is 1040. The summed E-state index contributed by atoms with van der Waals surface area (Å²) in [6, 6.07) is 7.58. The first-order valence-corrected chi connectivity index (χ1v) is 9.95. The Labute approximate surface area is 159 Å². The number of nitrogens with one attached hydrogen (secondary N) is 1. The lowest BCUT2D eigenvalue weighted by atomic mass is 10.1. The molecule has 0 aliphatic carbocycles. The highest BCUT2D eigenvalue weighted by Gasteiger charge is 2.14. The standard InChI is InChI=1S/C19H19N3O2S2/c1-4-9-22-18(24)14-8-10-25-17(14)21-19(22)26-11-16(23)20-15-7-5-6-12(2)13(15)3/h4-8,10H,1,9,11H2,2-3H3,(H,20,23). The van der Waals surface area contributed by atoms with Crippen LogP contribution in [0.2, 0.25) is 0 Å². The van der Waals surface area contributed by atoms with Crippen molar-refractivity contribution in [3.63, 3.8) is 0 Å². The zero-order valence-corrected chi connectivity index (χ0v) is 16.2. The molecule has 0 unspecified atom stereocenters. The molecular weight excluding hydrogens is 366 g/mol. The molecule has 3 rings (SSSR count). The molecular formula is C19H19N3O2S2. The molecule has 26 heavy (non-hydrogen) atoms. The fourth-order valence-electron chi connectivity index (χ4n) is 2.53. The maximum Gasteiger partial charge on any atom is 0.263 e. The summed E-state index contributed by atoms with van der Waals surface area (Å²) >= 11 is 2.67. The molecule has 2 heterocycles. The van der Waals surface area contributed by atoms with Crippen LogP contribution in [-0.4, -0.2) is 21.2 Å². The Morgan fingerprint density at radius 1 is 1.38 bits per heavy atom. The number of thiophene rings is 1. The van der Waals surface area contributed by atoms with E-state index in [1.807, 2.05) is 37.4 Å². The van der Waals surface area contributed by atoms with Crippen molar-refractivity contribution in [2.45, 2.75) is 25.5 Å². The van der Waals surface area contributed by atoms with Gasteiger partial charge in [-0.25, -0.2) is 4.98 Å². The second kappa shape index (κ2) is 7.88. The van der Waals surface area contributed by atoms with E-state index in [2.05, 4.69) is 16.9 Å². The lowest BCUT2D eigenvalue weighted by Gasteiger charge is -2.12. The van der Waals surface area contributed by atoms with Crippen molar-refractivity contribution >= 4 is 44.9 Å². The number of hydrogen-bond donors (Lipinski definition) is 1. The molecule has 0 spiro atoms. The van der Waals surface area contributed by atoms with E-state index < -0.39 is 0 Å². The summed E-state index contributed by atoms with van der Waals surface area (Å²) in [4.78, 5) is 30.2. The van der Waals surface area contributed by atoms with Crippen LogP contribution in [0.15, 0.2) is 52.3 Å². The average molecular weight is 386 g/mol. The summed E-state index contributed by atoms with van der Waals surface area (Å²) in [7, 11) is 0. The molecule has 5 nitrogen and oxygen atoms in total. The maximum atomic E-state index is 12.6. The SMILES string of the molecule is C=CCn1c(SCC(=O)Nc2cccc(C)c2C)nc2sccc2c1=O. The first kappa shape index (κ1) is 18.4. The Hall–Kier alpha value is -2.38. The third-order valence-corrected chi connectivity index (χ3v) is 5.85. The number of aryl methyl sites for hydroxylation is 1. The number of amides is 1. The van der Waals surface area contributed by atoms with Gasteiger partial charge in [-0.3, -0.25) is 14.2 Å². The van der Waals surface area contributed by atoms with Crippen molar-refractivity contribution < 1.29 is 4.79 Å². The molecule has 0 bridgehead atoms. The van der Waals surface area contributed by atoms with E-state index in [9.17, 15) is 9.59 Å². The van der Waals surface area contributed by atoms with E-state index in [4.69, 9.17) is 0 Å². The van der Waals surface area contributed by atoms with Crippen molar-refractivity contribution in [1.29, 1.82) is 0 Å². The highest BCUT2D eigenvalue weighted by molar-refractivity contribution is 7.99. The van der Waals surface area contributed by atoms with Crippen LogP contribution in [0.5, 0.6) is 0 Å². The molecule has 2 aromatic heterocycles. The predicted octanol–water partition coefficient (Wildman–Crippen LogP) is 3.99. The number of carbonyl (C=O) groups is 1. The molecule has 0 saturated heterocycles. The number of aromatic nitrogens is 2. The number of rotatable bonds is 6. The zero-order chi connectivity index (χ0) is 18.7. The normalized spacial score (nSPS) is 10.8. The summed E-state index contributed by atoms with van der Waals surface area (Å²) in [5.41, 5.74) is 2.88. The Kier molecular flexibility index (Phi) is 5.58. The number of benzene rings is 1.